The van der Waals surface area contributed by atoms with Crippen LogP contribution in [0.2, 0.25) is 0 Å². The number of likely N-dealkylation sites (N-methyl/N-ethyl adjacent to an activating group) is 1. The van der Waals surface area contributed by atoms with Crippen LogP contribution in [0.4, 0.5) is 0 Å². The Labute approximate surface area is 678 Å². The molecule has 111 heavy (non-hydrogen) atoms. The van der Waals surface area contributed by atoms with Crippen LogP contribution in [0.5, 0.6) is 34.5 Å². The van der Waals surface area contributed by atoms with Crippen LogP contribution in [0.25, 0.3) is 0 Å². The van der Waals surface area contributed by atoms with Crippen LogP contribution in [-0.4, -0.2) is 116 Å². The number of carbonyl (C=O) groups excluding carboxylic acids is 4. The van der Waals surface area contributed by atoms with Crippen molar-refractivity contribution in [2.24, 2.45) is 0 Å². The highest BCUT2D eigenvalue weighted by Gasteiger charge is 2.25. The van der Waals surface area contributed by atoms with Gasteiger partial charge in [0.1, 0.15) is 62.5 Å². The van der Waals surface area contributed by atoms with Crippen LogP contribution in [0.1, 0.15) is 271 Å². The molecule has 0 unspecified atom stereocenters. The predicted octanol–water partition coefficient (Wildman–Crippen LogP) is 23.8. The number of benzene rings is 7. The maximum absolute atomic E-state index is 11.9. The van der Waals surface area contributed by atoms with Crippen LogP contribution in [0, 0.1) is 0 Å². The normalized spacial score (nSPS) is 12.9. The Bertz CT molecular complexity index is 4070. The number of ketones is 3. The van der Waals surface area contributed by atoms with Gasteiger partial charge < -0.3 is 33.3 Å². The zero-order chi connectivity index (χ0) is 83.4. The Balaban J connectivity index is 0.000000440. The number of fused-ring (bicyclic) bond motifs is 2. The van der Waals surface area contributed by atoms with Gasteiger partial charge in [0, 0.05) is 86.9 Å². The van der Waals surface area contributed by atoms with Gasteiger partial charge in [-0.05, 0) is 305 Å². The highest BCUT2D eigenvalue weighted by atomic mass is 32.2. The summed E-state index contributed by atoms with van der Waals surface area (Å²) in [6.45, 7) is 48.0. The molecule has 0 saturated heterocycles. The largest absolute Gasteiger partial charge is 0.497 e. The van der Waals surface area contributed by atoms with E-state index in [-0.39, 0.29) is 68.2 Å². The summed E-state index contributed by atoms with van der Waals surface area (Å²) in [4.78, 5) is 51.8. The highest BCUT2D eigenvalue weighted by Crippen LogP contribution is 2.35. The zero-order valence-electron chi connectivity index (χ0n) is 71.1. The van der Waals surface area contributed by atoms with Crippen molar-refractivity contribution in [3.05, 3.63) is 191 Å². The monoisotopic (exact) mass is 1600 g/mol. The number of rotatable bonds is 18. The number of hydrogen-bond acceptors (Lipinski definition) is 16. The first kappa shape index (κ1) is 99.5. The average molecular weight is 1610 g/mol. The number of carbonyl (C=O) groups is 4. The Hall–Kier alpha value is -7.58. The molecule has 0 fully saturated rings. The molecule has 0 bridgehead atoms. The Morgan fingerprint density at radius 3 is 1.01 bits per heavy atom. The Morgan fingerprint density at radius 2 is 0.703 bits per heavy atom. The molecule has 614 valence electrons. The summed E-state index contributed by atoms with van der Waals surface area (Å²) in [5.41, 5.74) is 4.53. The summed E-state index contributed by atoms with van der Waals surface area (Å²) in [5.74, 6) is 5.85. The molecule has 15 nitrogen and oxygen atoms in total. The summed E-state index contributed by atoms with van der Waals surface area (Å²) in [7, 11) is -2.65. The minimum Gasteiger partial charge on any atom is -0.497 e. The average Bonchev–Trinajstić information content (AvgIpc) is 0.821. The van der Waals surface area contributed by atoms with Crippen molar-refractivity contribution < 1.29 is 64.4 Å². The maximum Gasteiger partial charge on any atom is 0.253 e. The van der Waals surface area contributed by atoms with Gasteiger partial charge in [0.2, 0.25) is 0 Å². The molecule has 0 N–H and O–H groups in total. The minimum atomic E-state index is -3.07. The van der Waals surface area contributed by atoms with Crippen molar-refractivity contribution in [2.75, 3.05) is 33.2 Å². The number of ether oxygens (including phenoxy) is 6. The lowest BCUT2D eigenvalue weighted by molar-refractivity contribution is 0.0779. The second-order valence-electron chi connectivity index (χ2n) is 34.2. The lowest BCUT2D eigenvalue weighted by atomic mass is 9.90. The van der Waals surface area contributed by atoms with Crippen LogP contribution in [-0.2, 0) is 32.5 Å². The molecule has 0 radical (unpaired) electrons. The quantitative estimate of drug-likeness (QED) is 0.0581. The molecule has 0 spiro atoms. The van der Waals surface area contributed by atoms with Gasteiger partial charge in [-0.2, -0.15) is 0 Å². The van der Waals surface area contributed by atoms with E-state index in [0.717, 1.165) is 129 Å². The number of methoxy groups -OCH3 is 1. The van der Waals surface area contributed by atoms with Gasteiger partial charge in [0.05, 0.1) is 16.9 Å². The number of amides is 1. The zero-order valence-corrected chi connectivity index (χ0v) is 74.4. The van der Waals surface area contributed by atoms with E-state index in [2.05, 4.69) is 55.4 Å². The molecule has 0 saturated carbocycles. The van der Waals surface area contributed by atoms with Gasteiger partial charge in [-0.3, -0.25) is 19.2 Å². The van der Waals surface area contributed by atoms with Crippen LogP contribution in [0.3, 0.4) is 0 Å². The van der Waals surface area contributed by atoms with Crippen LogP contribution in [0.15, 0.2) is 177 Å². The molecule has 1 aliphatic carbocycles. The van der Waals surface area contributed by atoms with E-state index < -0.39 is 19.7 Å². The first-order chi connectivity index (χ1) is 50.5. The first-order valence-electron chi connectivity index (χ1n) is 37.9. The standard InChI is InChI=1S/2C15H22O2.C14H19NO2.C14H18O2.2C11H16O2S2.C11H16O2.CH4/c2*1-5-6-7-14(16)12-8-10-13(11-9-12)17-15(2,3)4;1-14(2,3)17-11-5-6-12-10(9-11)7-8-15(4)13(12)16;1-14(2,3)16-11-7-8-12-10(9-11)5-4-6-13(12)15;2*1-11(2,3)14-9-5-7-10(8-6-9)15(4,12)13;1-11(2,3)13-10-7-5-9(12-4)6-8-10;/h2*8-11H,5-7H2,1-4H3;5-6,9H,7-8H2,1-4H3;7-9H,4-6H2,1-3H3;2*5-8H,1-4H3;5-8H,1-4H3;1H4. The molecule has 1 heterocycles. The van der Waals surface area contributed by atoms with Crippen molar-refractivity contribution in [3.63, 3.8) is 0 Å². The molecular weight excluding hydrogens is 1470 g/mol. The van der Waals surface area contributed by atoms with Crippen LogP contribution >= 0.6 is 23.5 Å². The third kappa shape index (κ3) is 42.2. The summed E-state index contributed by atoms with van der Waals surface area (Å²) in [5, 5.41) is 0. The Morgan fingerprint density at radius 1 is 0.405 bits per heavy atom. The van der Waals surface area contributed by atoms with Crippen molar-refractivity contribution in [3.8, 4) is 34.5 Å². The molecule has 7 aromatic carbocycles. The molecule has 1 aliphatic heterocycles. The molecule has 7 aromatic rings. The topological polar surface area (TPSA) is 195 Å². The lowest BCUT2D eigenvalue weighted by Gasteiger charge is -2.26. The molecule has 2 aliphatic rings. The third-order valence-electron chi connectivity index (χ3n) is 15.0. The fraction of sp³-hybridized carbons (Fsp3) is 0.500. The number of aryl methyl sites for hydroxylation is 1. The lowest BCUT2D eigenvalue weighted by Crippen LogP contribution is -2.34. The van der Waals surface area contributed by atoms with Crippen molar-refractivity contribution in [1.82, 2.24) is 4.90 Å². The van der Waals surface area contributed by atoms with E-state index >= 15 is 0 Å². The summed E-state index contributed by atoms with van der Waals surface area (Å²) in [6.07, 6.45) is 11.3. The van der Waals surface area contributed by atoms with Crippen molar-refractivity contribution >= 4 is 66.5 Å². The van der Waals surface area contributed by atoms with Crippen molar-refractivity contribution in [2.45, 2.75) is 288 Å². The number of unbranched alkanes of at least 4 members (excludes halogenated alkanes) is 2. The number of nitrogens with zero attached hydrogens (tertiary/aromatic N) is 1. The van der Waals surface area contributed by atoms with Gasteiger partial charge in [0.15, 0.2) is 37.0 Å². The molecule has 19 heteroatoms. The van der Waals surface area contributed by atoms with E-state index in [4.69, 9.17) is 28.4 Å². The van der Waals surface area contributed by atoms with E-state index in [1.165, 1.54) is 12.5 Å². The molecule has 9 rings (SSSR count). The van der Waals surface area contributed by atoms with Crippen molar-refractivity contribution in [1.29, 1.82) is 0 Å². The highest BCUT2D eigenvalue weighted by molar-refractivity contribution is 8.00. The van der Waals surface area contributed by atoms with E-state index in [1.807, 2.05) is 244 Å². The fourth-order valence-corrected chi connectivity index (χ4v) is 13.6. The van der Waals surface area contributed by atoms with E-state index in [0.29, 0.717) is 29.1 Å². The third-order valence-corrected chi connectivity index (χ3v) is 19.5. The minimum absolute atomic E-state index is 0. The molecule has 0 aromatic heterocycles. The molecule has 1 amide bonds. The second-order valence-corrected chi connectivity index (χ2v) is 42.0. The number of hydrogen-bond donors (Lipinski definition) is 0. The SMILES string of the molecule is C.CC(C)(C)Oc1ccc2c(c1)CCCC2=O.CC(C)(C)Sc1ccc(S(C)(=O)=O)cc1.CC(C)(C)Sc1ccc(S(C)(=O)=O)cc1.CCCCC(=O)c1ccc(OC(C)(C)C)cc1.CCCCC(=O)c1ccc(OC(C)(C)C)cc1.CN1CCc2cc(OC(C)(C)C)ccc2C1=O.COc1ccc(OC(C)(C)C)cc1. The number of thioether (sulfide) groups is 2. The van der Waals surface area contributed by atoms with Gasteiger partial charge in [-0.15, -0.1) is 23.5 Å². The molecular formula is C92H133NO14S4. The second kappa shape index (κ2) is 44.2. The van der Waals surface area contributed by atoms with Crippen LogP contribution < -0.4 is 28.4 Å². The number of Topliss-reactive ketones (excluding diaryl/α,β-unsaturated/α-hetero) is 3. The smallest absolute Gasteiger partial charge is 0.253 e. The van der Waals surface area contributed by atoms with Gasteiger partial charge in [-0.25, -0.2) is 16.8 Å². The maximum atomic E-state index is 11.9. The van der Waals surface area contributed by atoms with Gasteiger partial charge in [0.25, 0.3) is 5.91 Å². The summed E-state index contributed by atoms with van der Waals surface area (Å²) < 4.78 is 78.9. The Kier molecular flexibility index (Phi) is 39.6. The summed E-state index contributed by atoms with van der Waals surface area (Å²) in [6, 6.07) is 48.0. The first-order valence-corrected chi connectivity index (χ1v) is 43.3. The van der Waals surface area contributed by atoms with Gasteiger partial charge in [-0.1, -0.05) is 75.7 Å². The van der Waals surface area contributed by atoms with Gasteiger partial charge >= 0.3 is 0 Å². The fourth-order valence-electron chi connectivity index (χ4n) is 10.3. The predicted molar refractivity (Wildman–Crippen MR) is 463 cm³/mol. The van der Waals surface area contributed by atoms with E-state index in [1.54, 1.807) is 59.8 Å². The number of sulfone groups is 2. The summed E-state index contributed by atoms with van der Waals surface area (Å²) >= 11 is 3.45. The van der Waals surface area contributed by atoms with E-state index in [9.17, 15) is 36.0 Å². The molecule has 0 atom stereocenters.